The summed E-state index contributed by atoms with van der Waals surface area (Å²) in [7, 11) is 1.65. The zero-order valence-electron chi connectivity index (χ0n) is 10.1. The second-order valence-corrected chi connectivity index (χ2v) is 5.16. The Kier molecular flexibility index (Phi) is 2.43. The first kappa shape index (κ1) is 11.1. The van der Waals surface area contributed by atoms with Crippen LogP contribution in [0.15, 0.2) is 24.3 Å². The summed E-state index contributed by atoms with van der Waals surface area (Å²) >= 11 is 0. The molecule has 1 aromatic carbocycles. The van der Waals surface area contributed by atoms with E-state index in [4.69, 9.17) is 18.7 Å². The van der Waals surface area contributed by atoms with Crippen LogP contribution in [0.2, 0.25) is 0 Å². The lowest BCUT2D eigenvalue weighted by Gasteiger charge is -2.58. The first-order valence-electron chi connectivity index (χ1n) is 5.86. The number of fused-ring (bicyclic) bond motifs is 3. The molecule has 1 aromatic rings. The molecule has 0 spiro atoms. The molecule has 3 heterocycles. The van der Waals surface area contributed by atoms with Gasteiger partial charge in [0.25, 0.3) is 0 Å². The van der Waals surface area contributed by atoms with Crippen molar-refractivity contribution >= 4 is 12.2 Å². The van der Waals surface area contributed by atoms with Gasteiger partial charge in [-0.3, -0.25) is 0 Å². The maximum absolute atomic E-state index is 5.80. The van der Waals surface area contributed by atoms with Crippen molar-refractivity contribution in [3.63, 3.8) is 0 Å². The van der Waals surface area contributed by atoms with E-state index >= 15 is 0 Å². The summed E-state index contributed by atoms with van der Waals surface area (Å²) in [6.07, 6.45) is 0. The first-order valence-corrected chi connectivity index (χ1v) is 5.86. The molecule has 3 fully saturated rings. The van der Waals surface area contributed by atoms with Crippen LogP contribution >= 0.6 is 0 Å². The summed E-state index contributed by atoms with van der Waals surface area (Å²) in [4.78, 5) is 0. The second-order valence-electron chi connectivity index (χ2n) is 5.16. The number of ether oxygens (including phenoxy) is 1. The average molecular weight is 235 g/mol. The van der Waals surface area contributed by atoms with E-state index in [1.54, 1.807) is 7.11 Å². The quantitative estimate of drug-likeness (QED) is 0.714. The number of rotatable bonds is 2. The van der Waals surface area contributed by atoms with Gasteiger partial charge in [0.2, 0.25) is 0 Å². The Balaban J connectivity index is 1.88. The Hall–Kier alpha value is -1.04. The van der Waals surface area contributed by atoms with Crippen molar-refractivity contribution in [2.75, 3.05) is 26.9 Å². The molecule has 0 radical (unpaired) electrons. The third-order valence-corrected chi connectivity index (χ3v) is 3.48. The van der Waals surface area contributed by atoms with Crippen molar-refractivity contribution in [3.8, 4) is 5.75 Å². The summed E-state index contributed by atoms with van der Waals surface area (Å²) in [5.74, 6) is 0.817. The molecule has 17 heavy (non-hydrogen) atoms. The SMILES string of the molecule is COc1ccc([B-]23OCC(C)(CO2)CO3)cc1. The van der Waals surface area contributed by atoms with E-state index in [0.29, 0.717) is 19.8 Å². The molecule has 0 N–H and O–H groups in total. The van der Waals surface area contributed by atoms with Crippen molar-refractivity contribution in [2.45, 2.75) is 6.92 Å². The van der Waals surface area contributed by atoms with Crippen LogP contribution in [0.5, 0.6) is 5.75 Å². The van der Waals surface area contributed by atoms with Gasteiger partial charge in [-0.25, -0.2) is 0 Å². The van der Waals surface area contributed by atoms with Crippen LogP contribution in [-0.4, -0.2) is 33.7 Å². The molecule has 5 heteroatoms. The molecule has 0 aliphatic carbocycles. The van der Waals surface area contributed by atoms with Crippen LogP contribution in [0.1, 0.15) is 6.92 Å². The predicted molar refractivity (Wildman–Crippen MR) is 64.3 cm³/mol. The lowest BCUT2D eigenvalue weighted by atomic mass is 9.64. The van der Waals surface area contributed by atoms with Gasteiger partial charge in [-0.05, 0) is 12.1 Å². The van der Waals surface area contributed by atoms with Gasteiger partial charge in [-0.2, -0.15) is 0 Å². The Labute approximate surface area is 101 Å². The average Bonchev–Trinajstić information content (AvgIpc) is 2.40. The van der Waals surface area contributed by atoms with Crippen molar-refractivity contribution in [1.82, 2.24) is 0 Å². The molecule has 0 amide bonds. The fourth-order valence-electron chi connectivity index (χ4n) is 2.33. The first-order chi connectivity index (χ1) is 8.16. The lowest BCUT2D eigenvalue weighted by molar-refractivity contribution is -0.119. The normalized spacial score (nSPS) is 35.9. The molecule has 4 rings (SSSR count). The Bertz CT molecular complexity index is 392. The monoisotopic (exact) mass is 235 g/mol. The zero-order chi connectivity index (χ0) is 11.9. The highest BCUT2D eigenvalue weighted by Crippen LogP contribution is 2.34. The van der Waals surface area contributed by atoms with Gasteiger partial charge in [0.05, 0.1) is 7.11 Å². The van der Waals surface area contributed by atoms with Crippen LogP contribution in [0, 0.1) is 5.41 Å². The zero-order valence-corrected chi connectivity index (χ0v) is 10.1. The second kappa shape index (κ2) is 3.73. The molecule has 0 atom stereocenters. The van der Waals surface area contributed by atoms with Crippen LogP contribution < -0.4 is 10.2 Å². The Morgan fingerprint density at radius 3 is 2.06 bits per heavy atom. The van der Waals surface area contributed by atoms with Gasteiger partial charge in [-0.1, -0.05) is 19.1 Å². The summed E-state index contributed by atoms with van der Waals surface area (Å²) in [5.41, 5.74) is 0.947. The summed E-state index contributed by atoms with van der Waals surface area (Å²) < 4.78 is 22.5. The maximum Gasteiger partial charge on any atom is 0.409 e. The lowest BCUT2D eigenvalue weighted by Crippen LogP contribution is -2.68. The van der Waals surface area contributed by atoms with Crippen LogP contribution in [0.4, 0.5) is 0 Å². The van der Waals surface area contributed by atoms with E-state index in [-0.39, 0.29) is 5.41 Å². The fourth-order valence-corrected chi connectivity index (χ4v) is 2.33. The highest BCUT2D eigenvalue weighted by molar-refractivity contribution is 6.75. The largest absolute Gasteiger partial charge is 0.540 e. The molecule has 92 valence electrons. The minimum absolute atomic E-state index is 0.00989. The van der Waals surface area contributed by atoms with E-state index in [9.17, 15) is 0 Å². The van der Waals surface area contributed by atoms with Gasteiger partial charge in [0.15, 0.2) is 0 Å². The standard InChI is InChI=1S/C12H16BO4/c1-12-7-15-13(16-8-12,17-9-12)10-3-5-11(14-2)6-4-10/h3-6H,7-9H2,1-2H3/q-1. The highest BCUT2D eigenvalue weighted by Gasteiger charge is 2.46. The fraction of sp³-hybridized carbons (Fsp3) is 0.500. The van der Waals surface area contributed by atoms with E-state index in [2.05, 4.69) is 6.92 Å². The molecule has 0 saturated carbocycles. The molecule has 3 aliphatic heterocycles. The van der Waals surface area contributed by atoms with Crippen molar-refractivity contribution in [2.24, 2.45) is 5.41 Å². The smallest absolute Gasteiger partial charge is 0.409 e. The molecule has 3 aliphatic rings. The van der Waals surface area contributed by atoms with Gasteiger partial charge < -0.3 is 18.7 Å². The van der Waals surface area contributed by atoms with E-state index in [0.717, 1.165) is 11.2 Å². The van der Waals surface area contributed by atoms with Crippen molar-refractivity contribution < 1.29 is 18.7 Å². The maximum atomic E-state index is 5.80. The van der Waals surface area contributed by atoms with Crippen LogP contribution in [-0.2, 0) is 14.0 Å². The molecule has 0 aromatic heterocycles. The molecule has 2 bridgehead atoms. The number of hydrogen-bond donors (Lipinski definition) is 0. The van der Waals surface area contributed by atoms with E-state index in [1.165, 1.54) is 0 Å². The third-order valence-electron chi connectivity index (χ3n) is 3.48. The van der Waals surface area contributed by atoms with Gasteiger partial charge in [-0.15, -0.1) is 5.46 Å². The van der Waals surface area contributed by atoms with Crippen molar-refractivity contribution in [3.05, 3.63) is 24.3 Å². The summed E-state index contributed by atoms with van der Waals surface area (Å²) in [6.45, 7) is 2.46. The van der Waals surface area contributed by atoms with Gasteiger partial charge in [0, 0.05) is 25.2 Å². The number of methoxy groups -OCH3 is 1. The Morgan fingerprint density at radius 2 is 1.59 bits per heavy atom. The van der Waals surface area contributed by atoms with Gasteiger partial charge >= 0.3 is 6.75 Å². The Morgan fingerprint density at radius 1 is 1.06 bits per heavy atom. The third kappa shape index (κ3) is 1.75. The number of hydrogen-bond acceptors (Lipinski definition) is 4. The minimum Gasteiger partial charge on any atom is -0.540 e. The molecule has 4 nitrogen and oxygen atoms in total. The number of benzene rings is 1. The van der Waals surface area contributed by atoms with Gasteiger partial charge in [0.1, 0.15) is 5.75 Å². The van der Waals surface area contributed by atoms with E-state index in [1.807, 2.05) is 24.3 Å². The molecular weight excluding hydrogens is 219 g/mol. The predicted octanol–water partition coefficient (Wildman–Crippen LogP) is 0.924. The summed E-state index contributed by atoms with van der Waals surface area (Å²) in [5, 5.41) is 0. The van der Waals surface area contributed by atoms with Crippen molar-refractivity contribution in [1.29, 1.82) is 0 Å². The van der Waals surface area contributed by atoms with Crippen LogP contribution in [0.25, 0.3) is 0 Å². The highest BCUT2D eigenvalue weighted by atomic mass is 16.8. The topological polar surface area (TPSA) is 36.9 Å². The molecule has 0 unspecified atom stereocenters. The minimum atomic E-state index is -1.73. The molecule has 3 saturated heterocycles. The summed E-state index contributed by atoms with van der Waals surface area (Å²) in [6, 6.07) is 7.66. The van der Waals surface area contributed by atoms with E-state index < -0.39 is 6.75 Å². The van der Waals surface area contributed by atoms with Crippen LogP contribution in [0.3, 0.4) is 0 Å². The molecular formula is C12H16BO4-.